The van der Waals surface area contributed by atoms with Crippen molar-refractivity contribution in [3.8, 4) is 11.5 Å². The Kier molecular flexibility index (Phi) is 3.64. The van der Waals surface area contributed by atoms with Crippen LogP contribution < -0.4 is 10.1 Å². The van der Waals surface area contributed by atoms with Gasteiger partial charge in [-0.1, -0.05) is 12.2 Å². The molecule has 26 heavy (non-hydrogen) atoms. The molecule has 3 aliphatic heterocycles. The van der Waals surface area contributed by atoms with Gasteiger partial charge in [-0.2, -0.15) is 0 Å². The molecule has 0 aliphatic carbocycles. The van der Waals surface area contributed by atoms with Crippen LogP contribution in [0.1, 0.15) is 0 Å². The zero-order chi connectivity index (χ0) is 17.5. The molecular weight excluding hydrogens is 330 g/mol. The molecule has 1 N–H and O–H groups in total. The first-order valence-corrected chi connectivity index (χ1v) is 8.84. The van der Waals surface area contributed by atoms with Gasteiger partial charge in [0.2, 0.25) is 0 Å². The van der Waals surface area contributed by atoms with E-state index in [1.165, 1.54) is 0 Å². The summed E-state index contributed by atoms with van der Waals surface area (Å²) < 4.78 is 11.6. The van der Waals surface area contributed by atoms with E-state index >= 15 is 0 Å². The summed E-state index contributed by atoms with van der Waals surface area (Å²) in [6.07, 6.45) is 8.00. The summed E-state index contributed by atoms with van der Waals surface area (Å²) in [6, 6.07) is 11.0. The number of fused-ring (bicyclic) bond motifs is 5. The quantitative estimate of drug-likeness (QED) is 0.864. The minimum atomic E-state index is -0.0558. The highest BCUT2D eigenvalue weighted by atomic mass is 16.5. The van der Waals surface area contributed by atoms with Crippen molar-refractivity contribution in [3.05, 3.63) is 60.9 Å². The molecule has 3 aliphatic rings. The van der Waals surface area contributed by atoms with Gasteiger partial charge in [0.25, 0.3) is 0 Å². The van der Waals surface area contributed by atoms with E-state index in [9.17, 15) is 4.79 Å². The second-order valence-electron chi connectivity index (χ2n) is 6.93. The van der Waals surface area contributed by atoms with E-state index in [1.54, 1.807) is 12.4 Å². The number of carbonyl (C=O) groups is 1. The lowest BCUT2D eigenvalue weighted by molar-refractivity contribution is 0.0892. The standard InChI is InChI=1S/C20H19N3O3/c24-20(23-11-16-17(12-23)19-8-7-18(16)26-19)22-13-3-5-14(6-4-13)25-15-2-1-9-21-10-15/h1-10,16-19H,11-12H2,(H,22,24)/t16-,17-,18-,19-/m1/s1. The number of aromatic nitrogens is 1. The molecule has 6 heteroatoms. The summed E-state index contributed by atoms with van der Waals surface area (Å²) in [4.78, 5) is 18.5. The smallest absolute Gasteiger partial charge is 0.321 e. The van der Waals surface area contributed by atoms with E-state index in [0.717, 1.165) is 18.8 Å². The molecular formula is C20H19N3O3. The first-order valence-electron chi connectivity index (χ1n) is 8.84. The number of nitrogens with one attached hydrogen (secondary N) is 1. The topological polar surface area (TPSA) is 63.7 Å². The molecule has 4 heterocycles. The third kappa shape index (κ3) is 2.72. The fourth-order valence-electron chi connectivity index (χ4n) is 4.05. The van der Waals surface area contributed by atoms with E-state index < -0.39 is 0 Å². The molecule has 0 radical (unpaired) electrons. The van der Waals surface area contributed by atoms with Crippen LogP contribution in [0.5, 0.6) is 11.5 Å². The van der Waals surface area contributed by atoms with E-state index in [1.807, 2.05) is 41.3 Å². The molecule has 4 atom stereocenters. The summed E-state index contributed by atoms with van der Waals surface area (Å²) in [5, 5.41) is 2.97. The van der Waals surface area contributed by atoms with Crippen LogP contribution in [-0.2, 0) is 4.74 Å². The largest absolute Gasteiger partial charge is 0.456 e. The predicted octanol–water partition coefficient (Wildman–Crippen LogP) is 3.29. The minimum absolute atomic E-state index is 0.0558. The van der Waals surface area contributed by atoms with Crippen LogP contribution in [0.2, 0.25) is 0 Å². The van der Waals surface area contributed by atoms with Crippen LogP contribution >= 0.6 is 0 Å². The Bertz CT molecular complexity index is 817. The molecule has 2 aromatic rings. The molecule has 2 saturated heterocycles. The summed E-state index contributed by atoms with van der Waals surface area (Å²) in [6.45, 7) is 1.51. The van der Waals surface area contributed by atoms with Gasteiger partial charge in [0.05, 0.1) is 18.4 Å². The fourth-order valence-corrected chi connectivity index (χ4v) is 4.05. The lowest BCUT2D eigenvalue weighted by Crippen LogP contribution is -2.35. The number of ether oxygens (including phenoxy) is 2. The van der Waals surface area contributed by atoms with Gasteiger partial charge in [-0.3, -0.25) is 4.98 Å². The first kappa shape index (κ1) is 15.4. The van der Waals surface area contributed by atoms with E-state index in [4.69, 9.17) is 9.47 Å². The normalized spacial score (nSPS) is 28.2. The van der Waals surface area contributed by atoms with Crippen LogP contribution in [0.25, 0.3) is 0 Å². The summed E-state index contributed by atoms with van der Waals surface area (Å²) in [5.41, 5.74) is 0.753. The number of anilines is 1. The third-order valence-electron chi connectivity index (χ3n) is 5.32. The van der Waals surface area contributed by atoms with Crippen LogP contribution in [-0.4, -0.2) is 41.2 Å². The van der Waals surface area contributed by atoms with Gasteiger partial charge in [-0.05, 0) is 36.4 Å². The van der Waals surface area contributed by atoms with Crippen LogP contribution in [0.4, 0.5) is 10.5 Å². The van der Waals surface area contributed by atoms with Gasteiger partial charge in [-0.15, -0.1) is 0 Å². The molecule has 2 fully saturated rings. The first-order chi connectivity index (χ1) is 12.8. The van der Waals surface area contributed by atoms with Crippen molar-refractivity contribution < 1.29 is 14.3 Å². The molecule has 6 nitrogen and oxygen atoms in total. The van der Waals surface area contributed by atoms with Crippen molar-refractivity contribution in [1.29, 1.82) is 0 Å². The Morgan fingerprint density at radius 1 is 1.08 bits per heavy atom. The average Bonchev–Trinajstić information content (AvgIpc) is 3.37. The molecule has 1 aromatic carbocycles. The number of urea groups is 1. The summed E-state index contributed by atoms with van der Waals surface area (Å²) in [5.74, 6) is 2.25. The molecule has 2 amide bonds. The Morgan fingerprint density at radius 2 is 1.81 bits per heavy atom. The Morgan fingerprint density at radius 3 is 2.46 bits per heavy atom. The highest BCUT2D eigenvalue weighted by molar-refractivity contribution is 5.89. The summed E-state index contributed by atoms with van der Waals surface area (Å²) in [7, 11) is 0. The maximum Gasteiger partial charge on any atom is 0.321 e. The molecule has 0 saturated carbocycles. The number of hydrogen-bond donors (Lipinski definition) is 1. The number of rotatable bonds is 3. The maximum atomic E-state index is 12.6. The van der Waals surface area contributed by atoms with Crippen LogP contribution in [0, 0.1) is 11.8 Å². The highest BCUT2D eigenvalue weighted by Gasteiger charge is 2.51. The van der Waals surface area contributed by atoms with Gasteiger partial charge in [0.15, 0.2) is 0 Å². The summed E-state index contributed by atoms with van der Waals surface area (Å²) >= 11 is 0. The van der Waals surface area contributed by atoms with E-state index in [2.05, 4.69) is 22.5 Å². The molecule has 0 unspecified atom stereocenters. The third-order valence-corrected chi connectivity index (χ3v) is 5.32. The molecule has 1 aromatic heterocycles. The van der Waals surface area contributed by atoms with Crippen molar-refractivity contribution in [3.63, 3.8) is 0 Å². The Hall–Kier alpha value is -2.86. The number of amides is 2. The maximum absolute atomic E-state index is 12.6. The zero-order valence-electron chi connectivity index (χ0n) is 14.1. The number of likely N-dealkylation sites (tertiary alicyclic amines) is 1. The van der Waals surface area contributed by atoms with Gasteiger partial charge in [0.1, 0.15) is 11.5 Å². The fraction of sp³-hybridized carbons (Fsp3) is 0.300. The van der Waals surface area contributed by atoms with Gasteiger partial charge in [-0.25, -0.2) is 4.79 Å². The van der Waals surface area contributed by atoms with Crippen molar-refractivity contribution in [1.82, 2.24) is 9.88 Å². The van der Waals surface area contributed by atoms with E-state index in [-0.39, 0.29) is 18.2 Å². The van der Waals surface area contributed by atoms with E-state index in [0.29, 0.717) is 23.3 Å². The lowest BCUT2D eigenvalue weighted by Gasteiger charge is -2.19. The van der Waals surface area contributed by atoms with Gasteiger partial charge in [0, 0.05) is 36.8 Å². The van der Waals surface area contributed by atoms with Crippen molar-refractivity contribution >= 4 is 11.7 Å². The molecule has 5 rings (SSSR count). The number of hydrogen-bond acceptors (Lipinski definition) is 4. The number of benzene rings is 1. The second kappa shape index (κ2) is 6.14. The van der Waals surface area contributed by atoms with Crippen LogP contribution in [0.3, 0.4) is 0 Å². The SMILES string of the molecule is O=C(Nc1ccc(Oc2cccnc2)cc1)N1C[C@@H]2[C@@H](C1)[C@H]1C=C[C@H]2O1. The molecule has 0 spiro atoms. The molecule has 2 bridgehead atoms. The Balaban J connectivity index is 1.20. The Labute approximate surface area is 151 Å². The number of carbonyl (C=O) groups excluding carboxylic acids is 1. The number of pyridine rings is 1. The van der Waals surface area contributed by atoms with Crippen molar-refractivity contribution in [2.24, 2.45) is 11.8 Å². The van der Waals surface area contributed by atoms with Gasteiger partial charge >= 0.3 is 6.03 Å². The average molecular weight is 349 g/mol. The number of nitrogens with zero attached hydrogens (tertiary/aromatic N) is 2. The second-order valence-corrected chi connectivity index (χ2v) is 6.93. The highest BCUT2D eigenvalue weighted by Crippen LogP contribution is 2.43. The molecule has 132 valence electrons. The minimum Gasteiger partial charge on any atom is -0.456 e. The monoisotopic (exact) mass is 349 g/mol. The predicted molar refractivity (Wildman–Crippen MR) is 96.1 cm³/mol. The lowest BCUT2D eigenvalue weighted by atomic mass is 9.86. The van der Waals surface area contributed by atoms with Crippen molar-refractivity contribution in [2.45, 2.75) is 12.2 Å². The van der Waals surface area contributed by atoms with Crippen molar-refractivity contribution in [2.75, 3.05) is 18.4 Å². The van der Waals surface area contributed by atoms with Gasteiger partial charge < -0.3 is 19.7 Å². The zero-order valence-corrected chi connectivity index (χ0v) is 14.1. The van der Waals surface area contributed by atoms with Crippen LogP contribution in [0.15, 0.2) is 60.9 Å².